The second kappa shape index (κ2) is 6.28. The van der Waals surface area contributed by atoms with Crippen molar-refractivity contribution in [3.05, 3.63) is 34.3 Å². The Balaban J connectivity index is 1.78. The van der Waals surface area contributed by atoms with E-state index in [2.05, 4.69) is 12.1 Å². The van der Waals surface area contributed by atoms with Crippen molar-refractivity contribution >= 4 is 11.6 Å². The highest BCUT2D eigenvalue weighted by molar-refractivity contribution is 6.32. The van der Waals surface area contributed by atoms with E-state index in [-0.39, 0.29) is 11.6 Å². The maximum Gasteiger partial charge on any atom is 0.0685 e. The second-order valence-corrected chi connectivity index (χ2v) is 7.23. The fraction of sp³-hybridized carbons (Fsp3) is 0.667. The minimum atomic E-state index is 0.0279. The van der Waals surface area contributed by atoms with Crippen LogP contribution in [0.1, 0.15) is 62.1 Å². The first-order valence-corrected chi connectivity index (χ1v) is 8.64. The molecule has 116 valence electrons. The molecular formula is C18H26ClNO. The summed E-state index contributed by atoms with van der Waals surface area (Å²) in [5.41, 5.74) is 8.92. The molecule has 1 aromatic carbocycles. The van der Waals surface area contributed by atoms with Crippen LogP contribution in [0.4, 0.5) is 0 Å². The summed E-state index contributed by atoms with van der Waals surface area (Å²) in [4.78, 5) is 0. The van der Waals surface area contributed by atoms with E-state index in [0.717, 1.165) is 35.6 Å². The van der Waals surface area contributed by atoms with Crippen LogP contribution in [0.25, 0.3) is 0 Å². The summed E-state index contributed by atoms with van der Waals surface area (Å²) >= 11 is 6.47. The third kappa shape index (κ3) is 3.13. The van der Waals surface area contributed by atoms with Gasteiger partial charge in [-0.15, -0.1) is 0 Å². The van der Waals surface area contributed by atoms with Gasteiger partial charge >= 0.3 is 0 Å². The third-order valence-electron chi connectivity index (χ3n) is 5.38. The average molecular weight is 308 g/mol. The zero-order valence-corrected chi connectivity index (χ0v) is 13.7. The molecule has 2 atom stereocenters. The van der Waals surface area contributed by atoms with Gasteiger partial charge in [-0.25, -0.2) is 0 Å². The molecule has 3 heteroatoms. The van der Waals surface area contributed by atoms with Gasteiger partial charge in [0.1, 0.15) is 0 Å². The van der Waals surface area contributed by atoms with Crippen LogP contribution in [0.5, 0.6) is 0 Å². The van der Waals surface area contributed by atoms with Crippen LogP contribution in [0.3, 0.4) is 0 Å². The van der Waals surface area contributed by atoms with Gasteiger partial charge < -0.3 is 10.5 Å². The van der Waals surface area contributed by atoms with E-state index >= 15 is 0 Å². The number of rotatable bonds is 2. The zero-order valence-electron chi connectivity index (χ0n) is 12.9. The van der Waals surface area contributed by atoms with Crippen molar-refractivity contribution in [2.24, 2.45) is 11.7 Å². The standard InChI is InChI=1S/C18H26ClNO/c1-13-6-5-7-15(16(13)19)17(20)14-8-11-21-18(12-14)9-3-2-4-10-18/h5-7,14,17H,2-4,8-12,20H2,1H3. The van der Waals surface area contributed by atoms with Crippen molar-refractivity contribution in [1.29, 1.82) is 0 Å². The summed E-state index contributed by atoms with van der Waals surface area (Å²) in [5, 5.41) is 0.842. The molecule has 2 aliphatic rings. The zero-order chi connectivity index (χ0) is 14.9. The van der Waals surface area contributed by atoms with Gasteiger partial charge in [-0.1, -0.05) is 49.1 Å². The molecule has 1 spiro atoms. The van der Waals surface area contributed by atoms with E-state index in [0.29, 0.717) is 5.92 Å². The lowest BCUT2D eigenvalue weighted by Crippen LogP contribution is -2.44. The molecule has 2 unspecified atom stereocenters. The maximum atomic E-state index is 6.59. The molecule has 0 radical (unpaired) electrons. The summed E-state index contributed by atoms with van der Waals surface area (Å²) < 4.78 is 6.19. The van der Waals surface area contributed by atoms with Gasteiger partial charge in [-0.05, 0) is 49.7 Å². The van der Waals surface area contributed by atoms with Crippen molar-refractivity contribution in [3.8, 4) is 0 Å². The molecule has 1 saturated carbocycles. The van der Waals surface area contributed by atoms with Gasteiger partial charge in [0.15, 0.2) is 0 Å². The van der Waals surface area contributed by atoms with E-state index in [9.17, 15) is 0 Å². The normalized spacial score (nSPS) is 26.7. The fourth-order valence-electron chi connectivity index (χ4n) is 4.10. The third-order valence-corrected chi connectivity index (χ3v) is 5.90. The highest BCUT2D eigenvalue weighted by Crippen LogP contribution is 2.44. The second-order valence-electron chi connectivity index (χ2n) is 6.85. The van der Waals surface area contributed by atoms with Crippen LogP contribution >= 0.6 is 11.6 Å². The molecular weight excluding hydrogens is 282 g/mol. The number of halogens is 1. The molecule has 21 heavy (non-hydrogen) atoms. The summed E-state index contributed by atoms with van der Waals surface area (Å²) in [6, 6.07) is 6.22. The molecule has 1 heterocycles. The minimum Gasteiger partial charge on any atom is -0.375 e. The van der Waals surface area contributed by atoms with Crippen LogP contribution in [0.2, 0.25) is 5.02 Å². The number of hydrogen-bond acceptors (Lipinski definition) is 2. The van der Waals surface area contributed by atoms with Crippen LogP contribution in [0, 0.1) is 12.8 Å². The molecule has 1 aliphatic heterocycles. The lowest BCUT2D eigenvalue weighted by molar-refractivity contribution is -0.120. The van der Waals surface area contributed by atoms with Crippen molar-refractivity contribution in [3.63, 3.8) is 0 Å². The minimum absolute atomic E-state index is 0.0279. The lowest BCUT2D eigenvalue weighted by atomic mass is 9.73. The van der Waals surface area contributed by atoms with E-state index in [4.69, 9.17) is 22.1 Å². The smallest absolute Gasteiger partial charge is 0.0685 e. The molecule has 0 bridgehead atoms. The maximum absolute atomic E-state index is 6.59. The van der Waals surface area contributed by atoms with Gasteiger partial charge in [0.2, 0.25) is 0 Å². The van der Waals surface area contributed by atoms with Crippen molar-refractivity contribution in [1.82, 2.24) is 0 Å². The molecule has 3 rings (SSSR count). The molecule has 2 fully saturated rings. The number of benzene rings is 1. The molecule has 0 amide bonds. The Morgan fingerprint density at radius 3 is 2.81 bits per heavy atom. The Labute approximate surface area is 133 Å². The average Bonchev–Trinajstić information content (AvgIpc) is 2.50. The molecule has 0 aromatic heterocycles. The molecule has 1 aromatic rings. The quantitative estimate of drug-likeness (QED) is 0.853. The van der Waals surface area contributed by atoms with E-state index < -0.39 is 0 Å². The summed E-state index contributed by atoms with van der Waals surface area (Å²) in [7, 11) is 0. The Morgan fingerprint density at radius 2 is 2.05 bits per heavy atom. The number of hydrogen-bond donors (Lipinski definition) is 1. The summed E-state index contributed by atoms with van der Waals surface area (Å²) in [6.07, 6.45) is 8.51. The number of nitrogens with two attached hydrogens (primary N) is 1. The van der Waals surface area contributed by atoms with Gasteiger partial charge in [0.05, 0.1) is 5.60 Å². The fourth-order valence-corrected chi connectivity index (χ4v) is 4.35. The summed E-state index contributed by atoms with van der Waals surface area (Å²) in [6.45, 7) is 2.90. The van der Waals surface area contributed by atoms with Crippen molar-refractivity contribution in [2.45, 2.75) is 63.5 Å². The van der Waals surface area contributed by atoms with Gasteiger partial charge in [-0.3, -0.25) is 0 Å². The van der Waals surface area contributed by atoms with E-state index in [1.54, 1.807) is 0 Å². The van der Waals surface area contributed by atoms with E-state index in [1.807, 2.05) is 13.0 Å². The van der Waals surface area contributed by atoms with Crippen molar-refractivity contribution < 1.29 is 4.74 Å². The van der Waals surface area contributed by atoms with Crippen LogP contribution in [-0.4, -0.2) is 12.2 Å². The SMILES string of the molecule is Cc1cccc(C(N)C2CCOC3(CCCCC3)C2)c1Cl. The largest absolute Gasteiger partial charge is 0.375 e. The highest BCUT2D eigenvalue weighted by Gasteiger charge is 2.40. The Hall–Kier alpha value is -0.570. The van der Waals surface area contributed by atoms with Gasteiger partial charge in [0.25, 0.3) is 0 Å². The molecule has 1 saturated heterocycles. The predicted octanol–water partition coefficient (Wildman–Crippen LogP) is 4.78. The summed E-state index contributed by atoms with van der Waals surface area (Å²) in [5.74, 6) is 0.483. The van der Waals surface area contributed by atoms with Crippen LogP contribution < -0.4 is 5.73 Å². The first-order chi connectivity index (χ1) is 10.1. The van der Waals surface area contributed by atoms with E-state index in [1.165, 1.54) is 32.1 Å². The monoisotopic (exact) mass is 307 g/mol. The topological polar surface area (TPSA) is 35.2 Å². The Bertz CT molecular complexity index is 490. The lowest BCUT2D eigenvalue weighted by Gasteiger charge is -2.45. The first kappa shape index (κ1) is 15.3. The molecule has 2 nitrogen and oxygen atoms in total. The Morgan fingerprint density at radius 1 is 1.29 bits per heavy atom. The van der Waals surface area contributed by atoms with Gasteiger partial charge in [0, 0.05) is 17.7 Å². The number of ether oxygens (including phenoxy) is 1. The van der Waals surface area contributed by atoms with Crippen molar-refractivity contribution in [2.75, 3.05) is 6.61 Å². The number of aryl methyl sites for hydroxylation is 1. The van der Waals surface area contributed by atoms with Gasteiger partial charge in [-0.2, -0.15) is 0 Å². The predicted molar refractivity (Wildman–Crippen MR) is 87.6 cm³/mol. The van der Waals surface area contributed by atoms with Crippen LogP contribution in [0.15, 0.2) is 18.2 Å². The molecule has 1 aliphatic carbocycles. The van der Waals surface area contributed by atoms with Crippen LogP contribution in [-0.2, 0) is 4.74 Å². The molecule has 2 N–H and O–H groups in total. The Kier molecular flexibility index (Phi) is 4.58. The highest BCUT2D eigenvalue weighted by atomic mass is 35.5. The first-order valence-electron chi connectivity index (χ1n) is 8.26.